The molecule has 2 rings (SSSR count). The van der Waals surface area contributed by atoms with Crippen LogP contribution < -0.4 is 10.6 Å². The largest absolute Gasteiger partial charge is 0.391 e. The van der Waals surface area contributed by atoms with Crippen molar-refractivity contribution >= 4 is 23.5 Å². The van der Waals surface area contributed by atoms with Gasteiger partial charge in [0.05, 0.1) is 12.1 Å². The van der Waals surface area contributed by atoms with Crippen LogP contribution in [0.2, 0.25) is 5.28 Å². The highest BCUT2D eigenvalue weighted by Gasteiger charge is 2.23. The number of halogens is 1. The van der Waals surface area contributed by atoms with Gasteiger partial charge in [-0.25, -0.2) is 0 Å². The molecular weight excluding hydrogens is 254 g/mol. The second-order valence-electron chi connectivity index (χ2n) is 4.38. The van der Waals surface area contributed by atoms with Crippen LogP contribution in [0.3, 0.4) is 0 Å². The second kappa shape index (κ2) is 6.15. The Balaban J connectivity index is 2.07. The fourth-order valence-electron chi connectivity index (χ4n) is 2.10. The Morgan fingerprint density at radius 1 is 1.22 bits per heavy atom. The monoisotopic (exact) mass is 271 g/mol. The average Bonchev–Trinajstić information content (AvgIpc) is 2.32. The van der Waals surface area contributed by atoms with Crippen LogP contribution in [-0.4, -0.2) is 38.7 Å². The van der Waals surface area contributed by atoms with Crippen molar-refractivity contribution in [2.24, 2.45) is 0 Å². The van der Waals surface area contributed by atoms with E-state index in [-0.39, 0.29) is 17.4 Å². The Labute approximate surface area is 111 Å². The first-order chi connectivity index (χ1) is 8.69. The summed E-state index contributed by atoms with van der Waals surface area (Å²) in [6.07, 6.45) is 3.56. The molecule has 0 radical (unpaired) electrons. The van der Waals surface area contributed by atoms with E-state index in [2.05, 4.69) is 25.6 Å². The molecule has 0 aliphatic heterocycles. The van der Waals surface area contributed by atoms with Crippen molar-refractivity contribution < 1.29 is 5.11 Å². The maximum absolute atomic E-state index is 9.89. The smallest absolute Gasteiger partial charge is 0.229 e. The van der Waals surface area contributed by atoms with E-state index >= 15 is 0 Å². The van der Waals surface area contributed by atoms with Crippen molar-refractivity contribution in [3.05, 3.63) is 5.28 Å². The number of aliphatic hydroxyl groups is 1. The number of aliphatic hydroxyl groups excluding tert-OH is 1. The number of anilines is 2. The van der Waals surface area contributed by atoms with Crippen LogP contribution in [0.15, 0.2) is 0 Å². The Morgan fingerprint density at radius 2 is 1.94 bits per heavy atom. The molecule has 100 valence electrons. The van der Waals surface area contributed by atoms with E-state index < -0.39 is 0 Å². The third kappa shape index (κ3) is 3.43. The van der Waals surface area contributed by atoms with Crippen molar-refractivity contribution in [2.45, 2.75) is 44.8 Å². The van der Waals surface area contributed by atoms with E-state index in [1.54, 1.807) is 0 Å². The molecule has 6 nitrogen and oxygen atoms in total. The standard InChI is InChI=1S/C11H18ClN5O/c1-2-13-10-15-9(12)16-11(17-10)14-7-5-3-4-6-8(7)18/h7-8,18H,2-6H2,1H3,(H2,13,14,15,16,17). The minimum Gasteiger partial charge on any atom is -0.391 e. The Kier molecular flexibility index (Phi) is 4.54. The molecule has 0 amide bonds. The molecule has 1 aromatic heterocycles. The molecule has 1 fully saturated rings. The van der Waals surface area contributed by atoms with Gasteiger partial charge >= 0.3 is 0 Å². The molecule has 3 N–H and O–H groups in total. The summed E-state index contributed by atoms with van der Waals surface area (Å²) in [7, 11) is 0. The first-order valence-corrected chi connectivity index (χ1v) is 6.67. The maximum atomic E-state index is 9.89. The predicted molar refractivity (Wildman–Crippen MR) is 70.9 cm³/mol. The third-order valence-electron chi connectivity index (χ3n) is 2.99. The molecular formula is C11H18ClN5O. The van der Waals surface area contributed by atoms with E-state index in [0.717, 1.165) is 25.7 Å². The average molecular weight is 272 g/mol. The molecule has 18 heavy (non-hydrogen) atoms. The fourth-order valence-corrected chi connectivity index (χ4v) is 2.26. The lowest BCUT2D eigenvalue weighted by Crippen LogP contribution is -2.37. The number of nitrogens with zero attached hydrogens (tertiary/aromatic N) is 3. The molecule has 7 heteroatoms. The molecule has 2 atom stereocenters. The van der Waals surface area contributed by atoms with E-state index in [9.17, 15) is 5.11 Å². The molecule has 1 aliphatic rings. The van der Waals surface area contributed by atoms with Gasteiger partial charge in [-0.3, -0.25) is 0 Å². The van der Waals surface area contributed by atoms with Gasteiger partial charge in [-0.1, -0.05) is 12.8 Å². The summed E-state index contributed by atoms with van der Waals surface area (Å²) in [6, 6.07) is -0.00769. The van der Waals surface area contributed by atoms with Crippen LogP contribution >= 0.6 is 11.6 Å². The van der Waals surface area contributed by atoms with Crippen molar-refractivity contribution in [1.82, 2.24) is 15.0 Å². The Bertz CT molecular complexity index is 403. The van der Waals surface area contributed by atoms with Crippen molar-refractivity contribution in [2.75, 3.05) is 17.2 Å². The SMILES string of the molecule is CCNc1nc(Cl)nc(NC2CCCCC2O)n1. The molecule has 1 saturated carbocycles. The quantitative estimate of drug-likeness (QED) is 0.773. The van der Waals surface area contributed by atoms with Gasteiger partial charge in [0, 0.05) is 6.54 Å². The van der Waals surface area contributed by atoms with Crippen LogP contribution in [0.1, 0.15) is 32.6 Å². The number of rotatable bonds is 4. The zero-order chi connectivity index (χ0) is 13.0. The highest BCUT2D eigenvalue weighted by atomic mass is 35.5. The minimum atomic E-state index is -0.350. The highest BCUT2D eigenvalue weighted by Crippen LogP contribution is 2.21. The van der Waals surface area contributed by atoms with Gasteiger partial charge in [-0.05, 0) is 31.4 Å². The van der Waals surface area contributed by atoms with Crippen molar-refractivity contribution in [3.8, 4) is 0 Å². The summed E-state index contributed by atoms with van der Waals surface area (Å²) in [5, 5.41) is 16.2. The van der Waals surface area contributed by atoms with Gasteiger partial charge < -0.3 is 15.7 Å². The molecule has 1 aliphatic carbocycles. The molecule has 0 spiro atoms. The molecule has 2 unspecified atom stereocenters. The second-order valence-corrected chi connectivity index (χ2v) is 4.72. The van der Waals surface area contributed by atoms with Crippen LogP contribution in [0.4, 0.5) is 11.9 Å². The van der Waals surface area contributed by atoms with Crippen molar-refractivity contribution in [1.29, 1.82) is 0 Å². The Morgan fingerprint density at radius 3 is 2.67 bits per heavy atom. The van der Waals surface area contributed by atoms with Gasteiger partial charge in [0.1, 0.15) is 0 Å². The first kappa shape index (κ1) is 13.3. The van der Waals surface area contributed by atoms with Gasteiger partial charge in [0.2, 0.25) is 17.2 Å². The topological polar surface area (TPSA) is 83.0 Å². The fraction of sp³-hybridized carbons (Fsp3) is 0.727. The number of hydrogen-bond acceptors (Lipinski definition) is 6. The lowest BCUT2D eigenvalue weighted by molar-refractivity contribution is 0.116. The van der Waals surface area contributed by atoms with E-state index in [1.165, 1.54) is 0 Å². The van der Waals surface area contributed by atoms with E-state index in [1.807, 2.05) is 6.92 Å². The summed E-state index contributed by atoms with van der Waals surface area (Å²) in [5.74, 6) is 0.863. The molecule has 1 aromatic rings. The number of nitrogens with one attached hydrogen (secondary N) is 2. The summed E-state index contributed by atoms with van der Waals surface area (Å²) >= 11 is 5.84. The van der Waals surface area contributed by atoms with Gasteiger partial charge in [0.25, 0.3) is 0 Å². The zero-order valence-corrected chi connectivity index (χ0v) is 11.1. The van der Waals surface area contributed by atoms with Gasteiger partial charge in [-0.2, -0.15) is 15.0 Å². The maximum Gasteiger partial charge on any atom is 0.229 e. The van der Waals surface area contributed by atoms with Crippen LogP contribution in [-0.2, 0) is 0 Å². The third-order valence-corrected chi connectivity index (χ3v) is 3.16. The van der Waals surface area contributed by atoms with Crippen LogP contribution in [0, 0.1) is 0 Å². The molecule has 0 aromatic carbocycles. The summed E-state index contributed by atoms with van der Waals surface area (Å²) < 4.78 is 0. The van der Waals surface area contributed by atoms with E-state index in [0.29, 0.717) is 18.4 Å². The molecule has 1 heterocycles. The normalized spacial score (nSPS) is 23.7. The number of aromatic nitrogens is 3. The van der Waals surface area contributed by atoms with Gasteiger partial charge in [0.15, 0.2) is 0 Å². The molecule has 0 bridgehead atoms. The minimum absolute atomic E-state index is 0.00769. The summed E-state index contributed by atoms with van der Waals surface area (Å²) in [6.45, 7) is 2.67. The van der Waals surface area contributed by atoms with Crippen molar-refractivity contribution in [3.63, 3.8) is 0 Å². The first-order valence-electron chi connectivity index (χ1n) is 6.29. The number of hydrogen-bond donors (Lipinski definition) is 3. The van der Waals surface area contributed by atoms with E-state index in [4.69, 9.17) is 11.6 Å². The zero-order valence-electron chi connectivity index (χ0n) is 10.4. The lowest BCUT2D eigenvalue weighted by atomic mass is 9.93. The van der Waals surface area contributed by atoms with Gasteiger partial charge in [-0.15, -0.1) is 0 Å². The highest BCUT2D eigenvalue weighted by molar-refractivity contribution is 6.28. The lowest BCUT2D eigenvalue weighted by Gasteiger charge is -2.28. The predicted octanol–water partition coefficient (Wildman–Crippen LogP) is 1.67. The summed E-state index contributed by atoms with van der Waals surface area (Å²) in [5.41, 5.74) is 0. The molecule has 0 saturated heterocycles. The van der Waals surface area contributed by atoms with Crippen LogP contribution in [0.5, 0.6) is 0 Å². The summed E-state index contributed by atoms with van der Waals surface area (Å²) in [4.78, 5) is 12.2. The van der Waals surface area contributed by atoms with Crippen LogP contribution in [0.25, 0.3) is 0 Å². The Hall–Kier alpha value is -1.14.